The van der Waals surface area contributed by atoms with Gasteiger partial charge < -0.3 is 9.84 Å². The van der Waals surface area contributed by atoms with Crippen LogP contribution in [-0.4, -0.2) is 33.6 Å². The van der Waals surface area contributed by atoms with Crippen LogP contribution in [0.1, 0.15) is 53.9 Å². The summed E-state index contributed by atoms with van der Waals surface area (Å²) in [7, 11) is 0. The van der Waals surface area contributed by atoms with Crippen molar-refractivity contribution in [1.29, 1.82) is 0 Å². The van der Waals surface area contributed by atoms with Crippen molar-refractivity contribution in [3.8, 4) is 5.75 Å². The zero-order chi connectivity index (χ0) is 24.2. The molecule has 2 aromatic carbocycles. The number of benzene rings is 2. The van der Waals surface area contributed by atoms with E-state index in [0.717, 1.165) is 24.8 Å². The van der Waals surface area contributed by atoms with Gasteiger partial charge in [0.2, 0.25) is 5.13 Å². The van der Waals surface area contributed by atoms with Gasteiger partial charge in [0.15, 0.2) is 0 Å². The third-order valence-electron chi connectivity index (χ3n) is 5.68. The topological polar surface area (TPSA) is 92.6 Å². The second-order valence-electron chi connectivity index (χ2n) is 8.27. The normalized spacial score (nSPS) is 17.4. The van der Waals surface area contributed by atoms with Crippen LogP contribution in [0.15, 0.2) is 54.1 Å². The monoisotopic (exact) mass is 477 g/mol. The van der Waals surface area contributed by atoms with Gasteiger partial charge in [0, 0.05) is 5.56 Å². The molecule has 1 aliphatic heterocycles. The first-order chi connectivity index (χ1) is 16.4. The Balaban J connectivity index is 1.81. The molecule has 1 unspecified atom stereocenters. The van der Waals surface area contributed by atoms with E-state index in [1.165, 1.54) is 16.2 Å². The van der Waals surface area contributed by atoms with Crippen LogP contribution in [0.25, 0.3) is 5.76 Å². The van der Waals surface area contributed by atoms with Crippen molar-refractivity contribution < 1.29 is 19.4 Å². The van der Waals surface area contributed by atoms with Crippen molar-refractivity contribution in [2.75, 3.05) is 11.5 Å². The molecule has 1 atom stereocenters. The van der Waals surface area contributed by atoms with E-state index in [0.29, 0.717) is 33.6 Å². The summed E-state index contributed by atoms with van der Waals surface area (Å²) >= 11 is 1.22. The van der Waals surface area contributed by atoms with Crippen LogP contribution in [0.5, 0.6) is 5.75 Å². The molecule has 0 bridgehead atoms. The Kier molecular flexibility index (Phi) is 7.07. The summed E-state index contributed by atoms with van der Waals surface area (Å²) < 4.78 is 5.91. The van der Waals surface area contributed by atoms with Crippen LogP contribution in [0.4, 0.5) is 5.13 Å². The Labute approximate surface area is 202 Å². The number of aromatic nitrogens is 2. The summed E-state index contributed by atoms with van der Waals surface area (Å²) in [6, 6.07) is 13.6. The molecule has 7 nitrogen and oxygen atoms in total. The number of amides is 1. The van der Waals surface area contributed by atoms with E-state index in [4.69, 9.17) is 4.74 Å². The molecular weight excluding hydrogens is 450 g/mol. The van der Waals surface area contributed by atoms with Crippen LogP contribution in [0, 0.1) is 13.8 Å². The highest BCUT2D eigenvalue weighted by Crippen LogP contribution is 2.43. The molecule has 176 valence electrons. The van der Waals surface area contributed by atoms with Gasteiger partial charge in [-0.2, -0.15) is 0 Å². The summed E-state index contributed by atoms with van der Waals surface area (Å²) in [4.78, 5) is 27.7. The highest BCUT2D eigenvalue weighted by Gasteiger charge is 2.48. The Morgan fingerprint density at radius 1 is 1.09 bits per heavy atom. The molecule has 1 aliphatic rings. The highest BCUT2D eigenvalue weighted by atomic mass is 32.1. The molecule has 1 saturated heterocycles. The number of nitrogens with zero attached hydrogens (tertiary/aromatic N) is 3. The number of ketones is 1. The van der Waals surface area contributed by atoms with Crippen LogP contribution in [0.3, 0.4) is 0 Å². The minimum absolute atomic E-state index is 0.0184. The van der Waals surface area contributed by atoms with Gasteiger partial charge in [0.05, 0.1) is 18.2 Å². The summed E-state index contributed by atoms with van der Waals surface area (Å²) in [5, 5.41) is 20.3. The number of carbonyl (C=O) groups is 2. The zero-order valence-corrected chi connectivity index (χ0v) is 20.3. The van der Waals surface area contributed by atoms with Crippen LogP contribution in [-0.2, 0) is 9.59 Å². The lowest BCUT2D eigenvalue weighted by molar-refractivity contribution is -0.132. The number of aliphatic hydroxyl groups excluding tert-OH is 1. The van der Waals surface area contributed by atoms with E-state index in [1.807, 2.05) is 43.3 Å². The van der Waals surface area contributed by atoms with Crippen molar-refractivity contribution in [3.05, 3.63) is 75.8 Å². The fourth-order valence-electron chi connectivity index (χ4n) is 3.91. The molecule has 8 heteroatoms. The van der Waals surface area contributed by atoms with Gasteiger partial charge in [0.25, 0.3) is 5.78 Å². The summed E-state index contributed by atoms with van der Waals surface area (Å²) in [6.07, 6.45) is 3.11. The van der Waals surface area contributed by atoms with E-state index in [1.54, 1.807) is 19.1 Å². The van der Waals surface area contributed by atoms with Gasteiger partial charge in [-0.15, -0.1) is 10.2 Å². The van der Waals surface area contributed by atoms with Gasteiger partial charge >= 0.3 is 5.91 Å². The van der Waals surface area contributed by atoms with E-state index in [2.05, 4.69) is 17.1 Å². The zero-order valence-electron chi connectivity index (χ0n) is 19.4. The number of carbonyl (C=O) groups excluding carboxylic acids is 2. The van der Waals surface area contributed by atoms with Crippen molar-refractivity contribution in [2.45, 2.75) is 46.1 Å². The number of rotatable bonds is 8. The van der Waals surface area contributed by atoms with Crippen LogP contribution < -0.4 is 9.64 Å². The lowest BCUT2D eigenvalue weighted by Crippen LogP contribution is -2.29. The van der Waals surface area contributed by atoms with E-state index in [9.17, 15) is 14.7 Å². The summed E-state index contributed by atoms with van der Waals surface area (Å²) in [5.41, 5.74) is 2.15. The highest BCUT2D eigenvalue weighted by molar-refractivity contribution is 7.15. The van der Waals surface area contributed by atoms with Gasteiger partial charge in [-0.05, 0) is 38.0 Å². The number of aryl methyl sites for hydroxylation is 2. The fraction of sp³-hybridized carbons (Fsp3) is 0.308. The Bertz CT molecular complexity index is 1230. The number of aliphatic hydroxyl groups is 1. The molecule has 1 aromatic heterocycles. The fourth-order valence-corrected chi connectivity index (χ4v) is 4.63. The molecule has 1 fully saturated rings. The molecule has 2 heterocycles. The number of hydrogen-bond acceptors (Lipinski definition) is 7. The number of unbranched alkanes of at least 4 members (excludes halogenated alkanes) is 2. The molecule has 0 saturated carbocycles. The van der Waals surface area contributed by atoms with E-state index >= 15 is 0 Å². The Hall–Kier alpha value is -3.52. The molecule has 0 radical (unpaired) electrons. The molecule has 1 amide bonds. The Morgan fingerprint density at radius 2 is 1.85 bits per heavy atom. The number of Topliss-reactive ketones (excluding diaryl/α,β-unsaturated/α-hetero) is 1. The van der Waals surface area contributed by atoms with Gasteiger partial charge in [-0.25, -0.2) is 0 Å². The molecule has 4 rings (SSSR count). The minimum Gasteiger partial charge on any atom is -0.507 e. The maximum Gasteiger partial charge on any atom is 0.301 e. The predicted octanol–water partition coefficient (Wildman–Crippen LogP) is 5.35. The first kappa shape index (κ1) is 23.6. The number of ether oxygens (including phenoxy) is 1. The quantitative estimate of drug-likeness (QED) is 0.203. The second kappa shape index (κ2) is 10.2. The molecule has 0 spiro atoms. The first-order valence-electron chi connectivity index (χ1n) is 11.3. The Morgan fingerprint density at radius 3 is 2.53 bits per heavy atom. The van der Waals surface area contributed by atoms with E-state index in [-0.39, 0.29) is 11.3 Å². The lowest BCUT2D eigenvalue weighted by Gasteiger charge is -2.23. The SMILES string of the molecule is CCCCCOc1cccc(C2C(=C(O)c3ccc(C)cc3)C(=O)C(=O)N2c2nnc(C)s2)c1. The third-order valence-corrected chi connectivity index (χ3v) is 6.52. The molecule has 34 heavy (non-hydrogen) atoms. The maximum absolute atomic E-state index is 13.2. The largest absolute Gasteiger partial charge is 0.507 e. The average Bonchev–Trinajstić information content (AvgIpc) is 3.37. The van der Waals surface area contributed by atoms with Crippen LogP contribution >= 0.6 is 11.3 Å². The smallest absolute Gasteiger partial charge is 0.301 e. The molecule has 1 N–H and O–H groups in total. The van der Waals surface area contributed by atoms with Crippen molar-refractivity contribution in [2.24, 2.45) is 0 Å². The van der Waals surface area contributed by atoms with Crippen LogP contribution in [0.2, 0.25) is 0 Å². The van der Waals surface area contributed by atoms with Gasteiger partial charge in [-0.3, -0.25) is 14.5 Å². The summed E-state index contributed by atoms with van der Waals surface area (Å²) in [5.74, 6) is -1.08. The first-order valence-corrected chi connectivity index (χ1v) is 12.1. The molecule has 0 aliphatic carbocycles. The molecule has 3 aromatic rings. The standard InChI is InChI=1S/C26H27N3O4S/c1-4-5-6-14-33-20-9-7-8-19(15-20)22-21(23(30)18-12-10-16(2)11-13-18)24(31)25(32)29(22)26-28-27-17(3)34-26/h7-13,15,22,30H,4-6,14H2,1-3H3. The summed E-state index contributed by atoms with van der Waals surface area (Å²) in [6.45, 7) is 6.43. The van der Waals surface area contributed by atoms with Gasteiger partial charge in [0.1, 0.15) is 16.5 Å². The number of anilines is 1. The minimum atomic E-state index is -0.854. The maximum atomic E-state index is 13.2. The van der Waals surface area contributed by atoms with Crippen molar-refractivity contribution in [1.82, 2.24) is 10.2 Å². The van der Waals surface area contributed by atoms with Gasteiger partial charge in [-0.1, -0.05) is 73.1 Å². The van der Waals surface area contributed by atoms with Crippen molar-refractivity contribution in [3.63, 3.8) is 0 Å². The average molecular weight is 478 g/mol. The predicted molar refractivity (Wildman–Crippen MR) is 132 cm³/mol. The van der Waals surface area contributed by atoms with Crippen molar-refractivity contribution >= 4 is 33.9 Å². The lowest BCUT2D eigenvalue weighted by atomic mass is 9.95. The third kappa shape index (κ3) is 4.72. The van der Waals surface area contributed by atoms with E-state index < -0.39 is 17.7 Å². The molecular formula is C26H27N3O4S. The number of hydrogen-bond donors (Lipinski definition) is 1. The second-order valence-corrected chi connectivity index (χ2v) is 9.43.